The van der Waals surface area contributed by atoms with Gasteiger partial charge in [0.1, 0.15) is 5.75 Å². The molecule has 8 nitrogen and oxygen atoms in total. The summed E-state index contributed by atoms with van der Waals surface area (Å²) < 4.78 is 10.5. The van der Waals surface area contributed by atoms with Gasteiger partial charge in [-0.15, -0.1) is 0 Å². The lowest BCUT2D eigenvalue weighted by molar-refractivity contribution is -0.132. The number of esters is 1. The number of methoxy groups -OCH3 is 1. The molecule has 2 aromatic carbocycles. The minimum absolute atomic E-state index is 0.180. The average molecular weight is 375 g/mol. The Hall–Kier alpha value is -3.81. The van der Waals surface area contributed by atoms with Crippen LogP contribution in [0.1, 0.15) is 12.6 Å². The number of aryl methyl sites for hydroxylation is 1. The van der Waals surface area contributed by atoms with E-state index in [1.165, 1.54) is 6.92 Å². The van der Waals surface area contributed by atoms with Crippen molar-refractivity contribution in [3.63, 3.8) is 0 Å². The number of benzene rings is 2. The Bertz CT molecular complexity index is 1210. The van der Waals surface area contributed by atoms with Gasteiger partial charge in [0, 0.05) is 18.4 Å². The number of para-hydroxylation sites is 1. The Balaban J connectivity index is 1.78. The van der Waals surface area contributed by atoms with Crippen LogP contribution in [0, 0.1) is 6.92 Å². The molecule has 28 heavy (non-hydrogen) atoms. The van der Waals surface area contributed by atoms with Crippen LogP contribution in [0.2, 0.25) is 0 Å². The average Bonchev–Trinajstić information content (AvgIpc) is 2.67. The fraction of sp³-hybridized carbons (Fsp3) is 0.150. The first-order valence-electron chi connectivity index (χ1n) is 8.58. The van der Waals surface area contributed by atoms with E-state index in [2.05, 4.69) is 25.3 Å². The van der Waals surface area contributed by atoms with Gasteiger partial charge >= 0.3 is 5.97 Å². The van der Waals surface area contributed by atoms with Crippen molar-refractivity contribution in [1.29, 1.82) is 0 Å². The number of nitrogens with one attached hydrogen (secondary N) is 1. The van der Waals surface area contributed by atoms with Crippen molar-refractivity contribution < 1.29 is 14.3 Å². The SMILES string of the molecule is COc1ccc2c(C)nc(Nc3nc(OC(C)=O)c4ccccc4n3)nc2c1. The minimum Gasteiger partial charge on any atom is -0.497 e. The van der Waals surface area contributed by atoms with E-state index in [1.54, 1.807) is 13.2 Å². The summed E-state index contributed by atoms with van der Waals surface area (Å²) >= 11 is 0. The first kappa shape index (κ1) is 17.6. The maximum absolute atomic E-state index is 11.4. The number of nitrogens with zero attached hydrogens (tertiary/aromatic N) is 4. The topological polar surface area (TPSA) is 99.1 Å². The molecule has 8 heteroatoms. The second-order valence-corrected chi connectivity index (χ2v) is 6.10. The van der Waals surface area contributed by atoms with Gasteiger partial charge in [-0.25, -0.2) is 15.0 Å². The lowest BCUT2D eigenvalue weighted by Crippen LogP contribution is -2.08. The van der Waals surface area contributed by atoms with Crippen LogP contribution in [0.25, 0.3) is 21.8 Å². The Morgan fingerprint density at radius 3 is 2.46 bits per heavy atom. The van der Waals surface area contributed by atoms with Crippen LogP contribution < -0.4 is 14.8 Å². The van der Waals surface area contributed by atoms with Crippen LogP contribution in [-0.4, -0.2) is 33.0 Å². The van der Waals surface area contributed by atoms with E-state index in [4.69, 9.17) is 9.47 Å². The number of carbonyl (C=O) groups excluding carboxylic acids is 1. The Labute approximate surface area is 160 Å². The van der Waals surface area contributed by atoms with Gasteiger partial charge in [-0.05, 0) is 31.2 Å². The summed E-state index contributed by atoms with van der Waals surface area (Å²) in [6.45, 7) is 3.22. The molecule has 140 valence electrons. The van der Waals surface area contributed by atoms with E-state index in [0.717, 1.165) is 16.6 Å². The normalized spacial score (nSPS) is 10.8. The molecule has 1 N–H and O–H groups in total. The maximum Gasteiger partial charge on any atom is 0.309 e. The van der Waals surface area contributed by atoms with E-state index in [-0.39, 0.29) is 11.8 Å². The second-order valence-electron chi connectivity index (χ2n) is 6.10. The van der Waals surface area contributed by atoms with Gasteiger partial charge < -0.3 is 9.47 Å². The molecule has 2 heterocycles. The molecule has 0 fully saturated rings. The highest BCUT2D eigenvalue weighted by Crippen LogP contribution is 2.26. The van der Waals surface area contributed by atoms with E-state index in [1.807, 2.05) is 43.3 Å². The van der Waals surface area contributed by atoms with Gasteiger partial charge in [-0.3, -0.25) is 10.1 Å². The third-order valence-electron chi connectivity index (χ3n) is 4.13. The van der Waals surface area contributed by atoms with E-state index in [0.29, 0.717) is 22.6 Å². The molecule has 0 aliphatic heterocycles. The van der Waals surface area contributed by atoms with Gasteiger partial charge in [0.15, 0.2) is 0 Å². The Morgan fingerprint density at radius 1 is 0.929 bits per heavy atom. The van der Waals surface area contributed by atoms with Crippen molar-refractivity contribution in [3.05, 3.63) is 48.2 Å². The molecule has 4 rings (SSSR count). The molecular weight excluding hydrogens is 358 g/mol. The molecule has 0 aliphatic rings. The van der Waals surface area contributed by atoms with Gasteiger partial charge in [0.05, 0.1) is 29.2 Å². The van der Waals surface area contributed by atoms with Crippen LogP contribution in [0.15, 0.2) is 42.5 Å². The first-order chi connectivity index (χ1) is 13.5. The minimum atomic E-state index is -0.459. The molecule has 0 unspecified atom stereocenters. The van der Waals surface area contributed by atoms with Crippen LogP contribution >= 0.6 is 0 Å². The predicted octanol–water partition coefficient (Wildman–Crippen LogP) is 3.56. The van der Waals surface area contributed by atoms with Crippen LogP contribution in [0.4, 0.5) is 11.9 Å². The molecule has 0 amide bonds. The molecule has 0 saturated heterocycles. The second kappa shape index (κ2) is 7.07. The van der Waals surface area contributed by atoms with Gasteiger partial charge in [-0.2, -0.15) is 4.98 Å². The molecule has 0 bridgehead atoms. The molecule has 0 spiro atoms. The van der Waals surface area contributed by atoms with Crippen LogP contribution in [0.5, 0.6) is 11.6 Å². The van der Waals surface area contributed by atoms with Crippen molar-refractivity contribution in [3.8, 4) is 11.6 Å². The number of anilines is 2. The zero-order valence-corrected chi connectivity index (χ0v) is 15.6. The summed E-state index contributed by atoms with van der Waals surface area (Å²) in [7, 11) is 1.61. The summed E-state index contributed by atoms with van der Waals surface area (Å²) in [5, 5.41) is 4.57. The number of fused-ring (bicyclic) bond motifs is 2. The zero-order valence-electron chi connectivity index (χ0n) is 15.6. The third-order valence-corrected chi connectivity index (χ3v) is 4.13. The maximum atomic E-state index is 11.4. The van der Waals surface area contributed by atoms with Crippen molar-refractivity contribution in [1.82, 2.24) is 19.9 Å². The molecule has 4 aromatic rings. The van der Waals surface area contributed by atoms with E-state index in [9.17, 15) is 4.79 Å². The summed E-state index contributed by atoms with van der Waals surface area (Å²) in [6.07, 6.45) is 0. The quantitative estimate of drug-likeness (QED) is 0.541. The molecular formula is C20H17N5O3. The van der Waals surface area contributed by atoms with Gasteiger partial charge in [-0.1, -0.05) is 12.1 Å². The lowest BCUT2D eigenvalue weighted by atomic mass is 10.2. The van der Waals surface area contributed by atoms with Crippen molar-refractivity contribution in [2.24, 2.45) is 0 Å². The molecule has 0 radical (unpaired) electrons. The number of carbonyl (C=O) groups is 1. The Morgan fingerprint density at radius 2 is 1.68 bits per heavy atom. The van der Waals surface area contributed by atoms with Crippen molar-refractivity contribution in [2.75, 3.05) is 12.4 Å². The van der Waals surface area contributed by atoms with Gasteiger partial charge in [0.2, 0.25) is 17.8 Å². The first-order valence-corrected chi connectivity index (χ1v) is 8.58. The highest BCUT2D eigenvalue weighted by atomic mass is 16.5. The van der Waals surface area contributed by atoms with Crippen LogP contribution in [-0.2, 0) is 4.79 Å². The van der Waals surface area contributed by atoms with Crippen molar-refractivity contribution >= 4 is 39.7 Å². The largest absolute Gasteiger partial charge is 0.497 e. The lowest BCUT2D eigenvalue weighted by Gasteiger charge is -2.10. The number of rotatable bonds is 4. The molecule has 0 aliphatic carbocycles. The highest BCUT2D eigenvalue weighted by molar-refractivity contribution is 5.87. The number of aromatic nitrogens is 4. The summed E-state index contributed by atoms with van der Waals surface area (Å²) in [5.41, 5.74) is 2.17. The molecule has 0 saturated carbocycles. The van der Waals surface area contributed by atoms with E-state index < -0.39 is 5.97 Å². The number of hydrogen-bond acceptors (Lipinski definition) is 8. The Kier molecular flexibility index (Phi) is 4.44. The summed E-state index contributed by atoms with van der Waals surface area (Å²) in [5.74, 6) is 0.994. The summed E-state index contributed by atoms with van der Waals surface area (Å²) in [4.78, 5) is 29.2. The smallest absolute Gasteiger partial charge is 0.309 e. The van der Waals surface area contributed by atoms with Crippen LogP contribution in [0.3, 0.4) is 0 Å². The van der Waals surface area contributed by atoms with Gasteiger partial charge in [0.25, 0.3) is 0 Å². The fourth-order valence-electron chi connectivity index (χ4n) is 2.87. The monoisotopic (exact) mass is 375 g/mol. The third kappa shape index (κ3) is 3.39. The molecule has 0 atom stereocenters. The predicted molar refractivity (Wildman–Crippen MR) is 105 cm³/mol. The summed E-state index contributed by atoms with van der Waals surface area (Å²) in [6, 6.07) is 12.9. The zero-order chi connectivity index (χ0) is 19.7. The fourth-order valence-corrected chi connectivity index (χ4v) is 2.87. The number of ether oxygens (including phenoxy) is 2. The number of hydrogen-bond donors (Lipinski definition) is 1. The highest BCUT2D eigenvalue weighted by Gasteiger charge is 2.13. The van der Waals surface area contributed by atoms with E-state index >= 15 is 0 Å². The standard InChI is InChI=1S/C20H17N5O3/c1-11-14-9-8-13(27-3)10-17(14)23-19(21-11)25-20-22-16-7-5-4-6-15(16)18(24-20)28-12(2)26/h4-10H,1-3H3,(H,21,22,23,24,25). The van der Waals surface area contributed by atoms with Crippen molar-refractivity contribution in [2.45, 2.75) is 13.8 Å². The molecule has 2 aromatic heterocycles.